The summed E-state index contributed by atoms with van der Waals surface area (Å²) >= 11 is 0. The van der Waals surface area contributed by atoms with Gasteiger partial charge in [-0.1, -0.05) is 42.5 Å². The van der Waals surface area contributed by atoms with E-state index in [1.807, 2.05) is 0 Å². The Bertz CT molecular complexity index is 802. The van der Waals surface area contributed by atoms with Crippen LogP contribution in [0, 0.1) is 0 Å². The molecule has 2 heterocycles. The Balaban J connectivity index is 1.65. The average Bonchev–Trinajstić information content (AvgIpc) is 3.11. The molecule has 0 spiro atoms. The number of hydrogen-bond acceptors (Lipinski definition) is 1. The molecule has 2 heteroatoms. The van der Waals surface area contributed by atoms with Crippen LogP contribution in [0.2, 0.25) is 0 Å². The minimum atomic E-state index is 0.156. The first-order valence-corrected chi connectivity index (χ1v) is 9.16. The fraction of sp³-hybridized carbons (Fsp3) is 0.409. The second kappa shape index (κ2) is 6.08. The Hall–Kier alpha value is -2.09. The van der Waals surface area contributed by atoms with Gasteiger partial charge in [0.2, 0.25) is 0 Å². The maximum absolute atomic E-state index is 2.58. The first-order chi connectivity index (χ1) is 11.6. The highest BCUT2D eigenvalue weighted by atomic mass is 15.2. The number of nitrogens with zero attached hydrogens (tertiary/aromatic N) is 2. The summed E-state index contributed by atoms with van der Waals surface area (Å²) in [6.07, 6.45) is 8.49. The zero-order valence-electron chi connectivity index (χ0n) is 14.8. The van der Waals surface area contributed by atoms with E-state index >= 15 is 0 Å². The Labute approximate surface area is 145 Å². The van der Waals surface area contributed by atoms with Crippen molar-refractivity contribution in [3.63, 3.8) is 0 Å². The van der Waals surface area contributed by atoms with Crippen LogP contribution >= 0.6 is 0 Å². The molecule has 0 bridgehead atoms. The lowest BCUT2D eigenvalue weighted by Gasteiger charge is -2.31. The molecule has 2 nitrogen and oxygen atoms in total. The summed E-state index contributed by atoms with van der Waals surface area (Å²) in [6.45, 7) is 8.19. The lowest BCUT2D eigenvalue weighted by Crippen LogP contribution is -2.41. The van der Waals surface area contributed by atoms with E-state index in [9.17, 15) is 0 Å². The molecule has 1 saturated heterocycles. The smallest absolute Gasteiger partial charge is 0.169 e. The molecule has 0 atom stereocenters. The van der Waals surface area contributed by atoms with Gasteiger partial charge in [-0.05, 0) is 23.6 Å². The topological polar surface area (TPSA) is 6.25 Å². The van der Waals surface area contributed by atoms with Crippen LogP contribution in [0.4, 0.5) is 0 Å². The monoisotopic (exact) mass is 319 g/mol. The van der Waals surface area contributed by atoms with Crippen LogP contribution < -0.4 is 0 Å². The van der Waals surface area contributed by atoms with E-state index < -0.39 is 0 Å². The molecule has 2 aromatic carbocycles. The molecule has 2 aliphatic heterocycles. The minimum Gasteiger partial charge on any atom is -0.374 e. The van der Waals surface area contributed by atoms with Crippen LogP contribution in [-0.4, -0.2) is 34.3 Å². The van der Waals surface area contributed by atoms with Gasteiger partial charge in [-0.2, -0.15) is 0 Å². The summed E-state index contributed by atoms with van der Waals surface area (Å²) in [5.74, 6) is 0. The Kier molecular flexibility index (Phi) is 3.91. The molecule has 1 fully saturated rings. The van der Waals surface area contributed by atoms with Gasteiger partial charge in [0.05, 0.1) is 6.42 Å². The van der Waals surface area contributed by atoms with Gasteiger partial charge < -0.3 is 4.90 Å². The zero-order chi connectivity index (χ0) is 16.6. The third kappa shape index (κ3) is 2.86. The maximum Gasteiger partial charge on any atom is 0.169 e. The molecule has 2 aromatic rings. The summed E-state index contributed by atoms with van der Waals surface area (Å²) in [4.78, 5) is 2.58. The van der Waals surface area contributed by atoms with Crippen molar-refractivity contribution in [3.8, 4) is 0 Å². The molecule has 124 valence electrons. The van der Waals surface area contributed by atoms with E-state index in [4.69, 9.17) is 0 Å². The van der Waals surface area contributed by atoms with Crippen molar-refractivity contribution in [1.29, 1.82) is 0 Å². The molecular formula is C22H27N2+. The SMILES string of the molecule is CC1(C)CC(N2CCCC2)=CC=[N+]1Cc1cccc2ccccc12. The van der Waals surface area contributed by atoms with Gasteiger partial charge in [0.25, 0.3) is 0 Å². The van der Waals surface area contributed by atoms with Crippen molar-refractivity contribution in [1.82, 2.24) is 4.90 Å². The summed E-state index contributed by atoms with van der Waals surface area (Å²) in [6, 6.07) is 15.4. The van der Waals surface area contributed by atoms with Crippen LogP contribution in [-0.2, 0) is 6.54 Å². The molecule has 0 unspecified atom stereocenters. The first-order valence-electron chi connectivity index (χ1n) is 9.16. The summed E-state index contributed by atoms with van der Waals surface area (Å²) in [5.41, 5.74) is 3.09. The summed E-state index contributed by atoms with van der Waals surface area (Å²) in [7, 11) is 0. The molecular weight excluding hydrogens is 292 g/mol. The van der Waals surface area contributed by atoms with Crippen molar-refractivity contribution in [2.75, 3.05) is 13.1 Å². The number of hydrogen-bond donors (Lipinski definition) is 0. The number of fused-ring (bicyclic) bond motifs is 1. The molecule has 0 saturated carbocycles. The molecule has 4 rings (SSSR count). The van der Waals surface area contributed by atoms with E-state index in [-0.39, 0.29) is 5.54 Å². The second-order valence-corrected chi connectivity index (χ2v) is 7.76. The maximum atomic E-state index is 2.58. The van der Waals surface area contributed by atoms with E-state index in [0.29, 0.717) is 0 Å². The van der Waals surface area contributed by atoms with Crippen molar-refractivity contribution in [2.45, 2.75) is 45.2 Å². The zero-order valence-corrected chi connectivity index (χ0v) is 14.8. The summed E-state index contributed by atoms with van der Waals surface area (Å²) < 4.78 is 2.51. The normalized spacial score (nSPS) is 20.2. The molecule has 0 aliphatic carbocycles. The fourth-order valence-electron chi connectivity index (χ4n) is 4.08. The second-order valence-electron chi connectivity index (χ2n) is 7.76. The Morgan fingerprint density at radius 3 is 2.54 bits per heavy atom. The van der Waals surface area contributed by atoms with Gasteiger partial charge in [-0.3, -0.25) is 0 Å². The van der Waals surface area contributed by atoms with Crippen LogP contribution in [0.3, 0.4) is 0 Å². The van der Waals surface area contributed by atoms with Gasteiger partial charge >= 0.3 is 0 Å². The van der Waals surface area contributed by atoms with Gasteiger partial charge in [-0.25, -0.2) is 4.58 Å². The fourth-order valence-corrected chi connectivity index (χ4v) is 4.08. The first kappa shape index (κ1) is 15.4. The van der Waals surface area contributed by atoms with Gasteiger partial charge in [0, 0.05) is 44.3 Å². The van der Waals surface area contributed by atoms with Crippen molar-refractivity contribution < 1.29 is 4.58 Å². The van der Waals surface area contributed by atoms with Crippen molar-refractivity contribution in [2.24, 2.45) is 0 Å². The molecule has 2 aliphatic rings. The highest BCUT2D eigenvalue weighted by Gasteiger charge is 2.36. The molecule has 0 N–H and O–H groups in total. The number of allylic oxidation sites excluding steroid dienone is 1. The van der Waals surface area contributed by atoms with Crippen molar-refractivity contribution >= 4 is 17.0 Å². The van der Waals surface area contributed by atoms with Crippen LogP contribution in [0.5, 0.6) is 0 Å². The van der Waals surface area contributed by atoms with Crippen LogP contribution in [0.25, 0.3) is 10.8 Å². The van der Waals surface area contributed by atoms with Crippen molar-refractivity contribution in [3.05, 3.63) is 59.8 Å². The molecule has 0 aromatic heterocycles. The predicted octanol–water partition coefficient (Wildman–Crippen LogP) is 4.59. The number of likely N-dealkylation sites (tertiary alicyclic amines) is 1. The third-order valence-electron chi connectivity index (χ3n) is 5.57. The quantitative estimate of drug-likeness (QED) is 0.750. The highest BCUT2D eigenvalue weighted by molar-refractivity contribution is 5.85. The largest absolute Gasteiger partial charge is 0.374 e. The van der Waals surface area contributed by atoms with E-state index in [0.717, 1.165) is 13.0 Å². The van der Waals surface area contributed by atoms with E-state index in [2.05, 4.69) is 78.1 Å². The van der Waals surface area contributed by atoms with Crippen LogP contribution in [0.15, 0.2) is 54.2 Å². The third-order valence-corrected chi connectivity index (χ3v) is 5.57. The standard InChI is InChI=1S/C22H27N2/c1-22(2)16-20(23-13-5-6-14-23)12-15-24(22)17-19-10-7-9-18-8-3-4-11-21(18)19/h3-4,7-12,15H,5-6,13-14,16-17H2,1-2H3/q+1. The molecule has 0 radical (unpaired) electrons. The molecule has 0 amide bonds. The lowest BCUT2D eigenvalue weighted by molar-refractivity contribution is -0.612. The Morgan fingerprint density at radius 2 is 1.75 bits per heavy atom. The van der Waals surface area contributed by atoms with Crippen LogP contribution in [0.1, 0.15) is 38.7 Å². The Morgan fingerprint density at radius 1 is 1.00 bits per heavy atom. The predicted molar refractivity (Wildman–Crippen MR) is 102 cm³/mol. The van der Waals surface area contributed by atoms with E-state index in [1.165, 1.54) is 48.0 Å². The van der Waals surface area contributed by atoms with Gasteiger partial charge in [-0.15, -0.1) is 0 Å². The van der Waals surface area contributed by atoms with Gasteiger partial charge in [0.15, 0.2) is 18.3 Å². The highest BCUT2D eigenvalue weighted by Crippen LogP contribution is 2.29. The number of rotatable bonds is 3. The number of benzene rings is 2. The average molecular weight is 319 g/mol. The minimum absolute atomic E-state index is 0.156. The molecule has 24 heavy (non-hydrogen) atoms. The summed E-state index contributed by atoms with van der Waals surface area (Å²) in [5, 5.41) is 2.71. The van der Waals surface area contributed by atoms with Gasteiger partial charge in [0.1, 0.15) is 0 Å². The van der Waals surface area contributed by atoms with E-state index in [1.54, 1.807) is 0 Å². The lowest BCUT2D eigenvalue weighted by atomic mass is 9.93.